The Hall–Kier alpha value is -3.95. The third kappa shape index (κ3) is 53.5. The number of esters is 6. The molecule has 0 aromatic carbocycles. The van der Waals surface area contributed by atoms with Crippen molar-refractivity contribution in [2.75, 3.05) is 87.0 Å². The van der Waals surface area contributed by atoms with Gasteiger partial charge in [0.05, 0.1) is 52.4 Å². The number of carbonyl (C=O) groups is 7. The average Bonchev–Trinajstić information content (AvgIpc) is 3.58. The molecule has 0 bridgehead atoms. The Balaban J connectivity index is 5.66. The fourth-order valence-electron chi connectivity index (χ4n) is 9.90. The number of nitrogens with zero attached hydrogens (tertiary/aromatic N) is 3. The fourth-order valence-corrected chi connectivity index (χ4v) is 9.90. The van der Waals surface area contributed by atoms with E-state index in [-0.39, 0.29) is 121 Å². The van der Waals surface area contributed by atoms with Crippen LogP contribution in [0.15, 0.2) is 0 Å². The van der Waals surface area contributed by atoms with Crippen molar-refractivity contribution in [2.24, 2.45) is 11.8 Å². The van der Waals surface area contributed by atoms with Crippen LogP contribution < -0.4 is 0 Å². The van der Waals surface area contributed by atoms with Crippen LogP contribution >= 0.6 is 0 Å². The molecule has 0 spiro atoms. The number of ether oxygens (including phenoxy) is 6. The number of likely N-dealkylation sites (N-methyl/N-ethyl adjacent to an activating group) is 2. The summed E-state index contributed by atoms with van der Waals surface area (Å²) in [5.74, 6) is -3.86. The number of carbonyl (C=O) groups excluding carboxylic acids is 7. The molecule has 0 radical (unpaired) electrons. The summed E-state index contributed by atoms with van der Waals surface area (Å²) in [6, 6.07) is -0.352. The van der Waals surface area contributed by atoms with E-state index in [4.69, 9.17) is 28.4 Å². The minimum absolute atomic E-state index is 0.00695. The second-order valence-electron chi connectivity index (χ2n) is 24.1. The van der Waals surface area contributed by atoms with Gasteiger partial charge in [-0.2, -0.15) is 0 Å². The smallest absolute Gasteiger partial charge is 0.320 e. The quantitative estimate of drug-likeness (QED) is 0.0318. The lowest BCUT2D eigenvalue weighted by molar-refractivity contribution is -0.155. The summed E-state index contributed by atoms with van der Waals surface area (Å²) in [7, 11) is 5.49. The van der Waals surface area contributed by atoms with Crippen molar-refractivity contribution in [2.45, 2.75) is 297 Å². The number of amides is 2. The summed E-state index contributed by atoms with van der Waals surface area (Å²) in [6.45, 7) is 9.10. The Morgan fingerprint density at radius 3 is 0.762 bits per heavy atom. The molecule has 2 amide bonds. The maximum Gasteiger partial charge on any atom is 0.320 e. The van der Waals surface area contributed by atoms with Gasteiger partial charge in [-0.15, -0.1) is 0 Å². The summed E-state index contributed by atoms with van der Waals surface area (Å²) < 4.78 is 33.9. The SMILES string of the molecule is CCCCCCCCCCCC(=O)OCC(COC(=O)CCCCCCCCCCC)CC(=O)OCCN(CCOC(=O)CC(COC(=O)CCCCCCCCCCC)COC(=O)CCCCCCCCCCC)C(=O)N(C)CCN(C)C. The monoisotopic (exact) mass is 1190 g/mol. The molecule has 0 N–H and O–H groups in total. The van der Waals surface area contributed by atoms with Gasteiger partial charge in [0, 0.05) is 57.7 Å². The van der Waals surface area contributed by atoms with E-state index in [1.807, 2.05) is 19.0 Å². The topological polar surface area (TPSA) is 185 Å². The van der Waals surface area contributed by atoms with Crippen LogP contribution in [0.1, 0.15) is 297 Å². The van der Waals surface area contributed by atoms with Gasteiger partial charge in [0.1, 0.15) is 13.2 Å². The fraction of sp³-hybridized carbons (Fsp3) is 0.897. The molecule has 0 saturated heterocycles. The number of hydrogen-bond acceptors (Lipinski definition) is 14. The minimum atomic E-state index is -0.624. The average molecular weight is 1190 g/mol. The van der Waals surface area contributed by atoms with Gasteiger partial charge in [0.15, 0.2) is 0 Å². The number of unbranched alkanes of at least 4 members (excludes halogenated alkanes) is 32. The molecule has 0 fully saturated rings. The molecule has 0 aliphatic heterocycles. The molecule has 16 heteroatoms. The highest BCUT2D eigenvalue weighted by Crippen LogP contribution is 2.18. The molecule has 0 aliphatic rings. The largest absolute Gasteiger partial charge is 0.465 e. The summed E-state index contributed by atoms with van der Waals surface area (Å²) in [6.07, 6.45) is 41.2. The first kappa shape index (κ1) is 80.0. The zero-order chi connectivity index (χ0) is 61.9. The summed E-state index contributed by atoms with van der Waals surface area (Å²) in [5, 5.41) is 0. The maximum absolute atomic E-state index is 13.8. The van der Waals surface area contributed by atoms with Crippen LogP contribution in [0, 0.1) is 11.8 Å². The Labute approximate surface area is 512 Å². The predicted octanol–water partition coefficient (Wildman–Crippen LogP) is 15.9. The lowest BCUT2D eigenvalue weighted by Crippen LogP contribution is -2.46. The van der Waals surface area contributed by atoms with Gasteiger partial charge >= 0.3 is 41.8 Å². The Morgan fingerprint density at radius 2 is 0.524 bits per heavy atom. The van der Waals surface area contributed by atoms with Gasteiger partial charge in [-0.05, 0) is 39.8 Å². The van der Waals surface area contributed by atoms with Crippen LogP contribution in [-0.2, 0) is 57.2 Å². The molecule has 0 aromatic heterocycles. The first-order chi connectivity index (χ1) is 40.8. The second kappa shape index (κ2) is 59.4. The summed E-state index contributed by atoms with van der Waals surface area (Å²) >= 11 is 0. The molecule has 0 aromatic rings. The van der Waals surface area contributed by atoms with Gasteiger partial charge in [0.25, 0.3) is 0 Å². The van der Waals surface area contributed by atoms with Crippen LogP contribution in [-0.4, -0.2) is 144 Å². The van der Waals surface area contributed by atoms with E-state index in [9.17, 15) is 33.6 Å². The summed E-state index contributed by atoms with van der Waals surface area (Å²) in [4.78, 5) is 96.9. The molecule has 492 valence electrons. The van der Waals surface area contributed by atoms with Crippen LogP contribution in [0.3, 0.4) is 0 Å². The van der Waals surface area contributed by atoms with Crippen molar-refractivity contribution >= 4 is 41.8 Å². The third-order valence-electron chi connectivity index (χ3n) is 15.5. The van der Waals surface area contributed by atoms with Gasteiger partial charge in [0.2, 0.25) is 0 Å². The minimum Gasteiger partial charge on any atom is -0.465 e. The molecule has 0 heterocycles. The van der Waals surface area contributed by atoms with Crippen molar-refractivity contribution in [1.29, 1.82) is 0 Å². The molecular weight excluding hydrogens is 1070 g/mol. The summed E-state index contributed by atoms with van der Waals surface area (Å²) in [5.41, 5.74) is 0. The zero-order valence-electron chi connectivity index (χ0n) is 55.1. The molecule has 0 atom stereocenters. The van der Waals surface area contributed by atoms with Gasteiger partial charge in [-0.1, -0.05) is 233 Å². The Morgan fingerprint density at radius 1 is 0.286 bits per heavy atom. The van der Waals surface area contributed by atoms with Crippen LogP contribution in [0.25, 0.3) is 0 Å². The zero-order valence-corrected chi connectivity index (χ0v) is 55.1. The Bertz CT molecular complexity index is 1440. The molecule has 0 saturated carbocycles. The molecule has 0 unspecified atom stereocenters. The van der Waals surface area contributed by atoms with Gasteiger partial charge < -0.3 is 43.1 Å². The van der Waals surface area contributed by atoms with Crippen LogP contribution in [0.5, 0.6) is 0 Å². The van der Waals surface area contributed by atoms with E-state index < -0.39 is 23.8 Å². The van der Waals surface area contributed by atoms with E-state index in [0.717, 1.165) is 103 Å². The molecule has 0 rings (SSSR count). The van der Waals surface area contributed by atoms with E-state index in [2.05, 4.69) is 27.7 Å². The molecular formula is C68H127N3O13. The highest BCUT2D eigenvalue weighted by molar-refractivity contribution is 5.75. The van der Waals surface area contributed by atoms with E-state index in [1.54, 1.807) is 11.9 Å². The highest BCUT2D eigenvalue weighted by Gasteiger charge is 2.24. The second-order valence-corrected chi connectivity index (χ2v) is 24.1. The van der Waals surface area contributed by atoms with Crippen molar-refractivity contribution in [3.8, 4) is 0 Å². The molecule has 0 aliphatic carbocycles. The lowest BCUT2D eigenvalue weighted by Gasteiger charge is -2.29. The van der Waals surface area contributed by atoms with Crippen molar-refractivity contribution in [3.05, 3.63) is 0 Å². The van der Waals surface area contributed by atoms with E-state index in [1.165, 1.54) is 133 Å². The highest BCUT2D eigenvalue weighted by atomic mass is 16.6. The van der Waals surface area contributed by atoms with E-state index in [0.29, 0.717) is 13.1 Å². The lowest BCUT2D eigenvalue weighted by atomic mass is 10.1. The molecule has 84 heavy (non-hydrogen) atoms. The number of rotatable bonds is 61. The van der Waals surface area contributed by atoms with Crippen LogP contribution in [0.2, 0.25) is 0 Å². The third-order valence-corrected chi connectivity index (χ3v) is 15.5. The van der Waals surface area contributed by atoms with E-state index >= 15 is 0 Å². The first-order valence-electron chi connectivity index (χ1n) is 34.3. The van der Waals surface area contributed by atoms with Gasteiger partial charge in [-0.25, -0.2) is 4.79 Å². The van der Waals surface area contributed by atoms with Crippen molar-refractivity contribution in [1.82, 2.24) is 14.7 Å². The number of urea groups is 1. The predicted molar refractivity (Wildman–Crippen MR) is 337 cm³/mol. The molecule has 16 nitrogen and oxygen atoms in total. The van der Waals surface area contributed by atoms with Crippen molar-refractivity contribution in [3.63, 3.8) is 0 Å². The van der Waals surface area contributed by atoms with Gasteiger partial charge in [-0.3, -0.25) is 28.8 Å². The van der Waals surface area contributed by atoms with Crippen LogP contribution in [0.4, 0.5) is 4.79 Å². The normalized spacial score (nSPS) is 11.3. The Kier molecular flexibility index (Phi) is 56.6. The standard InChI is InChI=1S/C68H127N3O13/c1-8-12-16-20-24-28-32-36-40-44-62(72)81-56-60(57-82-63(73)45-41-37-33-29-25-21-17-13-9-2)54-66(76)79-52-50-71(68(78)70(7)49-48-69(5)6)51-53-80-67(77)55-61(58-83-64(74)46-42-38-34-30-26-22-18-14-10-3)59-84-65(75)47-43-39-35-31-27-23-19-15-11-4/h60-61H,8-59H2,1-7H3. The first-order valence-corrected chi connectivity index (χ1v) is 34.3. The van der Waals surface area contributed by atoms with Crippen molar-refractivity contribution < 1.29 is 62.0 Å². The number of hydrogen-bond donors (Lipinski definition) is 0. The maximum atomic E-state index is 13.8.